The van der Waals surface area contributed by atoms with Crippen LogP contribution in [-0.2, 0) is 9.59 Å². The summed E-state index contributed by atoms with van der Waals surface area (Å²) in [5.41, 5.74) is 0. The first-order chi connectivity index (χ1) is 9.11. The third-order valence-electron chi connectivity index (χ3n) is 4.28. The zero-order valence-electron chi connectivity index (χ0n) is 12.1. The van der Waals surface area contributed by atoms with Gasteiger partial charge < -0.3 is 9.80 Å². The minimum Gasteiger partial charge on any atom is -0.343 e. The molecule has 2 rings (SSSR count). The van der Waals surface area contributed by atoms with E-state index in [9.17, 15) is 9.59 Å². The quantitative estimate of drug-likeness (QED) is 0.750. The Balaban J connectivity index is 1.80. The van der Waals surface area contributed by atoms with Crippen LogP contribution in [0.1, 0.15) is 32.6 Å². The summed E-state index contributed by atoms with van der Waals surface area (Å²) in [5.74, 6) is 0.506. The van der Waals surface area contributed by atoms with Gasteiger partial charge in [0, 0.05) is 45.7 Å². The zero-order chi connectivity index (χ0) is 13.8. The van der Waals surface area contributed by atoms with Crippen LogP contribution in [-0.4, -0.2) is 72.3 Å². The molecule has 0 aromatic rings. The molecule has 0 N–H and O–H groups in total. The number of hydrogen-bond acceptors (Lipinski definition) is 3. The van der Waals surface area contributed by atoms with E-state index in [0.29, 0.717) is 19.0 Å². The van der Waals surface area contributed by atoms with Crippen molar-refractivity contribution in [1.29, 1.82) is 0 Å². The van der Waals surface area contributed by atoms with Crippen molar-refractivity contribution in [1.82, 2.24) is 14.7 Å². The van der Waals surface area contributed by atoms with E-state index in [1.165, 1.54) is 0 Å². The molecule has 19 heavy (non-hydrogen) atoms. The van der Waals surface area contributed by atoms with Gasteiger partial charge in [0.05, 0.1) is 6.54 Å². The van der Waals surface area contributed by atoms with Gasteiger partial charge in [-0.3, -0.25) is 14.5 Å². The van der Waals surface area contributed by atoms with Crippen LogP contribution < -0.4 is 0 Å². The molecule has 2 amide bonds. The molecule has 2 fully saturated rings. The maximum Gasteiger partial charge on any atom is 0.236 e. The fraction of sp³-hybridized carbons (Fsp3) is 0.857. The molecule has 2 aliphatic rings. The van der Waals surface area contributed by atoms with Crippen molar-refractivity contribution >= 4 is 11.8 Å². The van der Waals surface area contributed by atoms with Gasteiger partial charge in [0.15, 0.2) is 0 Å². The normalized spacial score (nSPS) is 22.9. The van der Waals surface area contributed by atoms with Crippen molar-refractivity contribution in [3.05, 3.63) is 0 Å². The van der Waals surface area contributed by atoms with Crippen molar-refractivity contribution in [2.75, 3.05) is 39.8 Å². The highest BCUT2D eigenvalue weighted by Crippen LogP contribution is 2.19. The Morgan fingerprint density at radius 3 is 2.47 bits per heavy atom. The summed E-state index contributed by atoms with van der Waals surface area (Å²) in [6, 6.07) is 0.475. The summed E-state index contributed by atoms with van der Waals surface area (Å²) >= 11 is 0. The Labute approximate surface area is 115 Å². The highest BCUT2D eigenvalue weighted by atomic mass is 16.2. The minimum atomic E-state index is 0.218. The van der Waals surface area contributed by atoms with E-state index in [1.54, 1.807) is 4.90 Å². The Morgan fingerprint density at radius 1 is 1.21 bits per heavy atom. The van der Waals surface area contributed by atoms with Crippen LogP contribution in [0.5, 0.6) is 0 Å². The second kappa shape index (κ2) is 6.37. The van der Waals surface area contributed by atoms with Crippen molar-refractivity contribution < 1.29 is 9.59 Å². The van der Waals surface area contributed by atoms with Crippen LogP contribution in [0, 0.1) is 0 Å². The highest BCUT2D eigenvalue weighted by molar-refractivity contribution is 5.78. The molecule has 5 nitrogen and oxygen atoms in total. The van der Waals surface area contributed by atoms with Gasteiger partial charge in [0.25, 0.3) is 0 Å². The molecule has 2 heterocycles. The molecule has 0 bridgehead atoms. The van der Waals surface area contributed by atoms with Crippen LogP contribution in [0.2, 0.25) is 0 Å². The average Bonchev–Trinajstić information content (AvgIpc) is 2.42. The van der Waals surface area contributed by atoms with Gasteiger partial charge in [-0.2, -0.15) is 0 Å². The van der Waals surface area contributed by atoms with E-state index in [1.807, 2.05) is 18.9 Å². The molecule has 5 heteroatoms. The molecule has 108 valence electrons. The van der Waals surface area contributed by atoms with Gasteiger partial charge in [0.1, 0.15) is 0 Å². The number of rotatable bonds is 3. The van der Waals surface area contributed by atoms with Crippen LogP contribution in [0.3, 0.4) is 0 Å². The summed E-state index contributed by atoms with van der Waals surface area (Å²) in [7, 11) is 1.87. The number of carbonyl (C=O) groups excluding carboxylic acids is 2. The fourth-order valence-electron chi connectivity index (χ4n) is 2.94. The summed E-state index contributed by atoms with van der Waals surface area (Å²) in [5, 5.41) is 0. The van der Waals surface area contributed by atoms with E-state index in [4.69, 9.17) is 0 Å². The number of piperazine rings is 1. The van der Waals surface area contributed by atoms with Gasteiger partial charge in [-0.05, 0) is 19.3 Å². The standard InChI is InChI=1S/C14H25N3O2/c1-3-4-13(18)16-7-5-12(6-8-16)17-10-9-15(2)14(19)11-17/h12H,3-11H2,1-2H3. The highest BCUT2D eigenvalue weighted by Gasteiger charge is 2.30. The zero-order valence-corrected chi connectivity index (χ0v) is 12.1. The van der Waals surface area contributed by atoms with Crippen LogP contribution in [0.4, 0.5) is 0 Å². The summed E-state index contributed by atoms with van der Waals surface area (Å²) in [6.45, 7) is 6.09. The van der Waals surface area contributed by atoms with E-state index in [0.717, 1.165) is 45.4 Å². The summed E-state index contributed by atoms with van der Waals surface area (Å²) < 4.78 is 0. The number of hydrogen-bond donors (Lipinski definition) is 0. The molecule has 0 aromatic heterocycles. The molecular weight excluding hydrogens is 242 g/mol. The smallest absolute Gasteiger partial charge is 0.236 e. The molecular formula is C14H25N3O2. The summed E-state index contributed by atoms with van der Waals surface area (Å²) in [4.78, 5) is 29.6. The topological polar surface area (TPSA) is 43.9 Å². The Bertz CT molecular complexity index is 338. The number of likely N-dealkylation sites (N-methyl/N-ethyl adjacent to an activating group) is 1. The fourth-order valence-corrected chi connectivity index (χ4v) is 2.94. The number of nitrogens with zero attached hydrogens (tertiary/aromatic N) is 3. The van der Waals surface area contributed by atoms with Crippen molar-refractivity contribution in [2.24, 2.45) is 0 Å². The molecule has 0 radical (unpaired) electrons. The van der Waals surface area contributed by atoms with E-state index < -0.39 is 0 Å². The van der Waals surface area contributed by atoms with E-state index in [2.05, 4.69) is 4.90 Å². The van der Waals surface area contributed by atoms with Gasteiger partial charge in [-0.25, -0.2) is 0 Å². The molecule has 2 aliphatic heterocycles. The number of carbonyl (C=O) groups is 2. The third kappa shape index (κ3) is 3.47. The predicted octanol–water partition coefficient (Wildman–Crippen LogP) is 0.552. The molecule has 0 aromatic carbocycles. The first kappa shape index (κ1) is 14.3. The predicted molar refractivity (Wildman–Crippen MR) is 73.7 cm³/mol. The molecule has 0 saturated carbocycles. The monoisotopic (exact) mass is 267 g/mol. The van der Waals surface area contributed by atoms with E-state index >= 15 is 0 Å². The summed E-state index contributed by atoms with van der Waals surface area (Å²) in [6.07, 6.45) is 3.60. The van der Waals surface area contributed by atoms with Crippen molar-refractivity contribution in [3.63, 3.8) is 0 Å². The molecule has 2 saturated heterocycles. The van der Waals surface area contributed by atoms with Gasteiger partial charge in [0.2, 0.25) is 11.8 Å². The van der Waals surface area contributed by atoms with Crippen LogP contribution in [0.15, 0.2) is 0 Å². The Kier molecular flexibility index (Phi) is 4.80. The Morgan fingerprint density at radius 2 is 1.89 bits per heavy atom. The van der Waals surface area contributed by atoms with Gasteiger partial charge in [-0.1, -0.05) is 6.92 Å². The molecule has 0 atom stereocenters. The Hall–Kier alpha value is -1.10. The minimum absolute atomic E-state index is 0.218. The number of piperidine rings is 1. The molecule has 0 unspecified atom stereocenters. The first-order valence-corrected chi connectivity index (χ1v) is 7.37. The maximum absolute atomic E-state index is 11.8. The third-order valence-corrected chi connectivity index (χ3v) is 4.28. The lowest BCUT2D eigenvalue weighted by molar-refractivity contribution is -0.138. The van der Waals surface area contributed by atoms with Gasteiger partial charge >= 0.3 is 0 Å². The van der Waals surface area contributed by atoms with Crippen LogP contribution >= 0.6 is 0 Å². The lowest BCUT2D eigenvalue weighted by Crippen LogP contribution is -2.55. The van der Waals surface area contributed by atoms with Crippen molar-refractivity contribution in [2.45, 2.75) is 38.6 Å². The SMILES string of the molecule is CCCC(=O)N1CCC(N2CCN(C)C(=O)C2)CC1. The van der Waals surface area contributed by atoms with E-state index in [-0.39, 0.29) is 11.8 Å². The maximum atomic E-state index is 11.8. The van der Waals surface area contributed by atoms with Crippen molar-refractivity contribution in [3.8, 4) is 0 Å². The number of likely N-dealkylation sites (tertiary alicyclic amines) is 1. The lowest BCUT2D eigenvalue weighted by Gasteiger charge is -2.41. The second-order valence-electron chi connectivity index (χ2n) is 5.65. The first-order valence-electron chi connectivity index (χ1n) is 7.37. The molecule has 0 aliphatic carbocycles. The number of amides is 2. The van der Waals surface area contributed by atoms with Crippen LogP contribution in [0.25, 0.3) is 0 Å². The largest absolute Gasteiger partial charge is 0.343 e. The molecule has 0 spiro atoms. The lowest BCUT2D eigenvalue weighted by atomic mass is 10.0. The average molecular weight is 267 g/mol. The second-order valence-corrected chi connectivity index (χ2v) is 5.65. The van der Waals surface area contributed by atoms with Gasteiger partial charge in [-0.15, -0.1) is 0 Å².